The van der Waals surface area contributed by atoms with Gasteiger partial charge in [0, 0.05) is 0 Å². The Bertz CT molecular complexity index is 315. The number of rotatable bonds is 3. The lowest BCUT2D eigenvalue weighted by atomic mass is 9.79. The van der Waals surface area contributed by atoms with E-state index in [1.54, 1.807) is 0 Å². The van der Waals surface area contributed by atoms with Gasteiger partial charge in [0.1, 0.15) is 5.41 Å². The molecule has 2 nitrogen and oxygen atoms in total. The summed E-state index contributed by atoms with van der Waals surface area (Å²) in [5.74, 6) is -0.188. The SMILES string of the molecule is COC(=O)C1(C/C(C)=C/I)C=CCC=C1. The van der Waals surface area contributed by atoms with Crippen molar-refractivity contribution >= 4 is 28.6 Å². The van der Waals surface area contributed by atoms with Crippen LogP contribution in [0.5, 0.6) is 0 Å². The van der Waals surface area contributed by atoms with Crippen molar-refractivity contribution in [3.8, 4) is 0 Å². The minimum absolute atomic E-state index is 0.188. The van der Waals surface area contributed by atoms with Crippen LogP contribution in [-0.4, -0.2) is 13.1 Å². The van der Waals surface area contributed by atoms with Gasteiger partial charge in [0.25, 0.3) is 0 Å². The lowest BCUT2D eigenvalue weighted by Gasteiger charge is -2.26. The first-order valence-corrected chi connectivity index (χ1v) is 6.09. The maximum Gasteiger partial charge on any atom is 0.319 e. The van der Waals surface area contributed by atoms with Crippen molar-refractivity contribution in [3.05, 3.63) is 34.0 Å². The van der Waals surface area contributed by atoms with Gasteiger partial charge in [-0.05, 0) is 23.8 Å². The Hall–Kier alpha value is -0.580. The van der Waals surface area contributed by atoms with Gasteiger partial charge in [-0.25, -0.2) is 0 Å². The van der Waals surface area contributed by atoms with Crippen molar-refractivity contribution < 1.29 is 9.53 Å². The van der Waals surface area contributed by atoms with E-state index in [2.05, 4.69) is 22.6 Å². The molecule has 82 valence electrons. The van der Waals surface area contributed by atoms with Gasteiger partial charge in [-0.1, -0.05) is 52.5 Å². The second-order valence-electron chi connectivity index (χ2n) is 3.70. The van der Waals surface area contributed by atoms with Crippen LogP contribution in [0.4, 0.5) is 0 Å². The van der Waals surface area contributed by atoms with Crippen molar-refractivity contribution in [1.29, 1.82) is 0 Å². The van der Waals surface area contributed by atoms with Crippen LogP contribution in [0, 0.1) is 5.41 Å². The summed E-state index contributed by atoms with van der Waals surface area (Å²) in [5, 5.41) is 0. The number of allylic oxidation sites excluding steroid dienone is 3. The minimum atomic E-state index is -0.585. The van der Waals surface area contributed by atoms with Crippen molar-refractivity contribution in [2.75, 3.05) is 7.11 Å². The Kier molecular flexibility index (Phi) is 4.57. The number of carbonyl (C=O) groups is 1. The van der Waals surface area contributed by atoms with Crippen LogP contribution in [0.15, 0.2) is 34.0 Å². The summed E-state index contributed by atoms with van der Waals surface area (Å²) in [5.41, 5.74) is 0.593. The number of esters is 1. The van der Waals surface area contributed by atoms with Crippen LogP contribution in [0.2, 0.25) is 0 Å². The lowest BCUT2D eigenvalue weighted by Crippen LogP contribution is -2.29. The smallest absolute Gasteiger partial charge is 0.319 e. The van der Waals surface area contributed by atoms with E-state index in [1.807, 2.05) is 35.3 Å². The van der Waals surface area contributed by atoms with Gasteiger partial charge in [0.15, 0.2) is 0 Å². The highest BCUT2D eigenvalue weighted by atomic mass is 127. The summed E-state index contributed by atoms with van der Waals surface area (Å²) < 4.78 is 6.87. The van der Waals surface area contributed by atoms with Crippen LogP contribution in [0.1, 0.15) is 19.8 Å². The van der Waals surface area contributed by atoms with E-state index in [4.69, 9.17) is 4.74 Å². The molecule has 0 heterocycles. The Balaban J connectivity index is 2.96. The summed E-state index contributed by atoms with van der Waals surface area (Å²) >= 11 is 2.19. The van der Waals surface area contributed by atoms with Gasteiger partial charge in [-0.3, -0.25) is 4.79 Å². The fraction of sp³-hybridized carbons (Fsp3) is 0.417. The molecule has 0 saturated heterocycles. The van der Waals surface area contributed by atoms with Crippen molar-refractivity contribution in [2.45, 2.75) is 19.8 Å². The zero-order valence-electron chi connectivity index (χ0n) is 9.00. The largest absolute Gasteiger partial charge is 0.468 e. The quantitative estimate of drug-likeness (QED) is 0.453. The highest BCUT2D eigenvalue weighted by Crippen LogP contribution is 2.34. The molecule has 0 bridgehead atoms. The second kappa shape index (κ2) is 5.49. The zero-order chi connectivity index (χ0) is 11.3. The first-order chi connectivity index (χ1) is 7.14. The molecule has 0 fully saturated rings. The fourth-order valence-corrected chi connectivity index (χ4v) is 1.93. The third-order valence-electron chi connectivity index (χ3n) is 2.43. The number of carbonyl (C=O) groups excluding carboxylic acids is 1. The number of halogens is 1. The molecular formula is C12H15IO2. The van der Waals surface area contributed by atoms with Gasteiger partial charge in [-0.2, -0.15) is 0 Å². The van der Waals surface area contributed by atoms with E-state index < -0.39 is 5.41 Å². The average Bonchev–Trinajstić information content (AvgIpc) is 2.29. The first-order valence-electron chi connectivity index (χ1n) is 4.84. The maximum atomic E-state index is 11.8. The Morgan fingerprint density at radius 3 is 2.60 bits per heavy atom. The van der Waals surface area contributed by atoms with Crippen LogP contribution >= 0.6 is 22.6 Å². The molecule has 0 amide bonds. The normalized spacial score (nSPS) is 19.0. The van der Waals surface area contributed by atoms with E-state index in [0.717, 1.165) is 6.42 Å². The number of hydrogen-bond acceptors (Lipinski definition) is 2. The Morgan fingerprint density at radius 2 is 2.13 bits per heavy atom. The molecular weight excluding hydrogens is 303 g/mol. The highest BCUT2D eigenvalue weighted by molar-refractivity contribution is 14.1. The minimum Gasteiger partial charge on any atom is -0.468 e. The summed E-state index contributed by atoms with van der Waals surface area (Å²) in [6.07, 6.45) is 9.50. The molecule has 3 heteroatoms. The maximum absolute atomic E-state index is 11.8. The molecule has 0 aromatic rings. The van der Waals surface area contributed by atoms with Crippen molar-refractivity contribution in [2.24, 2.45) is 5.41 Å². The van der Waals surface area contributed by atoms with E-state index >= 15 is 0 Å². The standard InChI is InChI=1S/C12H15IO2/c1-10(9-13)8-12(11(14)15-2)6-4-3-5-7-12/h4-7,9H,3,8H2,1-2H3/b10-9+. The summed E-state index contributed by atoms with van der Waals surface area (Å²) in [6, 6.07) is 0. The predicted octanol–water partition coefficient (Wildman–Crippen LogP) is 3.39. The van der Waals surface area contributed by atoms with E-state index in [9.17, 15) is 4.79 Å². The van der Waals surface area contributed by atoms with Gasteiger partial charge in [0.05, 0.1) is 7.11 Å². The molecule has 0 aromatic carbocycles. The highest BCUT2D eigenvalue weighted by Gasteiger charge is 2.35. The van der Waals surface area contributed by atoms with E-state index in [0.29, 0.717) is 6.42 Å². The van der Waals surface area contributed by atoms with Crippen LogP contribution in [0.25, 0.3) is 0 Å². The van der Waals surface area contributed by atoms with Crippen LogP contribution < -0.4 is 0 Å². The Labute approximate surface area is 104 Å². The third kappa shape index (κ3) is 2.93. The molecule has 1 aliphatic rings. The predicted molar refractivity (Wildman–Crippen MR) is 69.7 cm³/mol. The number of methoxy groups -OCH3 is 1. The lowest BCUT2D eigenvalue weighted by molar-refractivity contribution is -0.147. The first kappa shape index (κ1) is 12.5. The monoisotopic (exact) mass is 318 g/mol. The Morgan fingerprint density at radius 1 is 1.53 bits per heavy atom. The molecule has 15 heavy (non-hydrogen) atoms. The topological polar surface area (TPSA) is 26.3 Å². The molecule has 1 rings (SSSR count). The van der Waals surface area contributed by atoms with E-state index in [1.165, 1.54) is 12.7 Å². The summed E-state index contributed by atoms with van der Waals surface area (Å²) in [6.45, 7) is 2.02. The van der Waals surface area contributed by atoms with Crippen molar-refractivity contribution in [1.82, 2.24) is 0 Å². The van der Waals surface area contributed by atoms with Crippen LogP contribution in [-0.2, 0) is 9.53 Å². The van der Waals surface area contributed by atoms with Gasteiger partial charge in [0.2, 0.25) is 0 Å². The molecule has 1 aliphatic carbocycles. The van der Waals surface area contributed by atoms with Crippen molar-refractivity contribution in [3.63, 3.8) is 0 Å². The molecule has 0 radical (unpaired) electrons. The molecule has 0 saturated carbocycles. The summed E-state index contributed by atoms with van der Waals surface area (Å²) in [7, 11) is 1.43. The average molecular weight is 318 g/mol. The number of hydrogen-bond donors (Lipinski definition) is 0. The second-order valence-corrected chi connectivity index (χ2v) is 4.33. The molecule has 0 spiro atoms. The molecule has 0 aromatic heterocycles. The molecule has 0 N–H and O–H groups in total. The van der Waals surface area contributed by atoms with Crippen LogP contribution in [0.3, 0.4) is 0 Å². The van der Waals surface area contributed by atoms with E-state index in [-0.39, 0.29) is 5.97 Å². The molecule has 0 unspecified atom stereocenters. The zero-order valence-corrected chi connectivity index (χ0v) is 11.2. The van der Waals surface area contributed by atoms with Gasteiger partial charge >= 0.3 is 5.97 Å². The third-order valence-corrected chi connectivity index (χ3v) is 3.49. The number of ether oxygens (including phenoxy) is 1. The molecule has 0 aliphatic heterocycles. The van der Waals surface area contributed by atoms with Gasteiger partial charge in [-0.15, -0.1) is 0 Å². The fourth-order valence-electron chi connectivity index (χ4n) is 1.71. The van der Waals surface area contributed by atoms with Gasteiger partial charge < -0.3 is 4.74 Å². The summed E-state index contributed by atoms with van der Waals surface area (Å²) in [4.78, 5) is 11.8. The molecule has 0 atom stereocenters.